The highest BCUT2D eigenvalue weighted by Gasteiger charge is 2.69. The Bertz CT molecular complexity index is 983. The van der Waals surface area contributed by atoms with Crippen LogP contribution >= 0.6 is 0 Å². The second-order valence-corrected chi connectivity index (χ2v) is 6.75. The van der Waals surface area contributed by atoms with Crippen molar-refractivity contribution in [2.75, 3.05) is 6.61 Å². The minimum Gasteiger partial charge on any atom is -0.465 e. The van der Waals surface area contributed by atoms with E-state index >= 15 is 0 Å². The molecule has 9 heteroatoms. The van der Waals surface area contributed by atoms with Gasteiger partial charge in [0.15, 0.2) is 5.41 Å². The van der Waals surface area contributed by atoms with E-state index in [2.05, 4.69) is 0 Å². The van der Waals surface area contributed by atoms with Crippen molar-refractivity contribution in [2.24, 2.45) is 16.9 Å². The molecule has 1 fully saturated rings. The van der Waals surface area contributed by atoms with Crippen molar-refractivity contribution in [3.05, 3.63) is 59.6 Å². The van der Waals surface area contributed by atoms with Gasteiger partial charge in [-0.25, -0.2) is 4.39 Å². The van der Waals surface area contributed by atoms with Crippen LogP contribution in [0.25, 0.3) is 0 Å². The van der Waals surface area contributed by atoms with Crippen molar-refractivity contribution in [1.29, 1.82) is 5.26 Å². The number of allylic oxidation sites excluding steroid dienone is 2. The van der Waals surface area contributed by atoms with E-state index in [1.807, 2.05) is 6.07 Å². The van der Waals surface area contributed by atoms with E-state index in [4.69, 9.17) is 16.2 Å². The van der Waals surface area contributed by atoms with Crippen LogP contribution in [0.15, 0.2) is 48.2 Å². The molecule has 0 aromatic heterocycles. The Morgan fingerprint density at radius 1 is 1.31 bits per heavy atom. The SMILES string of the molecule is CCOC(=O)[C@@]1(C(N)=O)[C@@H](c2ccccc2F)[C@@H](C(N)=O)N2C=C(C#N)C=C[C@@H]21. The molecule has 8 nitrogen and oxygen atoms in total. The van der Waals surface area contributed by atoms with Crippen LogP contribution in [0.2, 0.25) is 0 Å². The zero-order chi connectivity index (χ0) is 21.3. The predicted molar refractivity (Wildman–Crippen MR) is 98.8 cm³/mol. The van der Waals surface area contributed by atoms with Crippen LogP contribution in [0.1, 0.15) is 18.4 Å². The number of rotatable bonds is 5. The zero-order valence-electron chi connectivity index (χ0n) is 15.5. The fourth-order valence-corrected chi connectivity index (χ4v) is 4.24. The minimum absolute atomic E-state index is 0.0607. The van der Waals surface area contributed by atoms with Crippen LogP contribution in [0.5, 0.6) is 0 Å². The van der Waals surface area contributed by atoms with E-state index in [-0.39, 0.29) is 17.7 Å². The standard InChI is InChI=1S/C20H19FN4O4/c1-2-29-19(28)20(18(24)27)14-8-7-11(9-22)10-25(14)16(17(23)26)15(20)12-5-3-4-6-13(12)21/h3-8,10,14-16H,2H2,1H3,(H2,23,26)(H2,24,27)/t14-,15+,16+,20-/m1/s1. The maximum absolute atomic E-state index is 14.8. The number of nitriles is 1. The molecule has 4 N–H and O–H groups in total. The number of nitrogens with two attached hydrogens (primary N) is 2. The third-order valence-electron chi connectivity index (χ3n) is 5.34. The second kappa shape index (κ2) is 7.39. The molecule has 3 rings (SSSR count). The summed E-state index contributed by atoms with van der Waals surface area (Å²) < 4.78 is 19.9. The van der Waals surface area contributed by atoms with Crippen molar-refractivity contribution < 1.29 is 23.5 Å². The zero-order valence-corrected chi connectivity index (χ0v) is 15.5. The lowest BCUT2D eigenvalue weighted by atomic mass is 9.67. The van der Waals surface area contributed by atoms with E-state index in [0.29, 0.717) is 0 Å². The highest BCUT2D eigenvalue weighted by atomic mass is 19.1. The van der Waals surface area contributed by atoms with Crippen LogP contribution < -0.4 is 11.5 Å². The molecule has 0 aliphatic carbocycles. The third kappa shape index (κ3) is 2.84. The van der Waals surface area contributed by atoms with Gasteiger partial charge in [0.2, 0.25) is 11.8 Å². The first-order valence-electron chi connectivity index (χ1n) is 8.89. The summed E-state index contributed by atoms with van der Waals surface area (Å²) in [5.74, 6) is -5.06. The molecule has 0 radical (unpaired) electrons. The lowest BCUT2D eigenvalue weighted by Crippen LogP contribution is -2.55. The van der Waals surface area contributed by atoms with Gasteiger partial charge < -0.3 is 21.1 Å². The molecule has 4 atom stereocenters. The number of esters is 1. The van der Waals surface area contributed by atoms with Crippen LogP contribution in [0.3, 0.4) is 0 Å². The fourth-order valence-electron chi connectivity index (χ4n) is 4.24. The van der Waals surface area contributed by atoms with Crippen molar-refractivity contribution in [2.45, 2.75) is 24.9 Å². The van der Waals surface area contributed by atoms with Gasteiger partial charge in [0.05, 0.1) is 18.2 Å². The molecule has 1 saturated heterocycles. The topological polar surface area (TPSA) is 140 Å². The fraction of sp³-hybridized carbons (Fsp3) is 0.300. The number of halogens is 1. The van der Waals surface area contributed by atoms with Gasteiger partial charge in [-0.2, -0.15) is 5.26 Å². The van der Waals surface area contributed by atoms with Crippen molar-refractivity contribution >= 4 is 17.8 Å². The summed E-state index contributed by atoms with van der Waals surface area (Å²) in [5.41, 5.74) is 9.30. The van der Waals surface area contributed by atoms with Gasteiger partial charge in [-0.05, 0) is 24.6 Å². The molecule has 2 heterocycles. The minimum atomic E-state index is -2.13. The maximum Gasteiger partial charge on any atom is 0.324 e. The Balaban J connectivity index is 2.37. The number of benzene rings is 1. The highest BCUT2D eigenvalue weighted by molar-refractivity contribution is 6.06. The molecule has 1 aromatic carbocycles. The molecule has 150 valence electrons. The first kappa shape index (κ1) is 20.1. The van der Waals surface area contributed by atoms with Gasteiger partial charge in [0.1, 0.15) is 17.9 Å². The number of hydrogen-bond acceptors (Lipinski definition) is 6. The molecular weight excluding hydrogens is 379 g/mol. The maximum atomic E-state index is 14.8. The number of hydrogen-bond donors (Lipinski definition) is 2. The summed E-state index contributed by atoms with van der Waals surface area (Å²) in [6.45, 7) is 1.49. The first-order chi connectivity index (χ1) is 13.8. The number of nitrogens with zero attached hydrogens (tertiary/aromatic N) is 2. The lowest BCUT2D eigenvalue weighted by molar-refractivity contribution is -0.161. The number of carbonyl (C=O) groups is 3. The molecule has 2 aliphatic heterocycles. The predicted octanol–water partition coefficient (Wildman–Crippen LogP) is 0.459. The summed E-state index contributed by atoms with van der Waals surface area (Å²) >= 11 is 0. The smallest absolute Gasteiger partial charge is 0.324 e. The number of fused-ring (bicyclic) bond motifs is 1. The average molecular weight is 398 g/mol. The summed E-state index contributed by atoms with van der Waals surface area (Å²) in [7, 11) is 0. The van der Waals surface area contributed by atoms with E-state index in [1.54, 1.807) is 6.92 Å². The summed E-state index contributed by atoms with van der Waals surface area (Å²) in [6.07, 6.45) is 4.13. The molecule has 0 saturated carbocycles. The third-order valence-corrected chi connectivity index (χ3v) is 5.34. The Morgan fingerprint density at radius 3 is 2.55 bits per heavy atom. The Labute approximate surface area is 166 Å². The lowest BCUT2D eigenvalue weighted by Gasteiger charge is -2.35. The van der Waals surface area contributed by atoms with Crippen molar-refractivity contribution in [3.8, 4) is 6.07 Å². The summed E-state index contributed by atoms with van der Waals surface area (Å²) in [6, 6.07) is 4.98. The van der Waals surface area contributed by atoms with Crippen LogP contribution in [0.4, 0.5) is 4.39 Å². The Hall–Kier alpha value is -3.67. The number of carbonyl (C=O) groups excluding carboxylic acids is 3. The first-order valence-corrected chi connectivity index (χ1v) is 8.89. The van der Waals surface area contributed by atoms with Crippen LogP contribution in [-0.4, -0.2) is 41.4 Å². The van der Waals surface area contributed by atoms with Gasteiger partial charge in [0.25, 0.3) is 0 Å². The van der Waals surface area contributed by atoms with Crippen LogP contribution in [-0.2, 0) is 19.1 Å². The normalized spacial score (nSPS) is 27.6. The summed E-state index contributed by atoms with van der Waals surface area (Å²) in [5, 5.41) is 9.24. The molecule has 2 aliphatic rings. The molecule has 0 spiro atoms. The Morgan fingerprint density at radius 2 is 2.00 bits per heavy atom. The van der Waals surface area contributed by atoms with E-state index in [0.717, 1.165) is 6.07 Å². The molecule has 1 aromatic rings. The quantitative estimate of drug-likeness (QED) is 0.545. The van der Waals surface area contributed by atoms with Crippen molar-refractivity contribution in [3.63, 3.8) is 0 Å². The van der Waals surface area contributed by atoms with Crippen molar-refractivity contribution in [1.82, 2.24) is 4.90 Å². The number of primary amides is 2. The highest BCUT2D eigenvalue weighted by Crippen LogP contribution is 2.54. The van der Waals surface area contributed by atoms with Gasteiger partial charge in [-0.3, -0.25) is 14.4 Å². The molecule has 2 amide bonds. The molecule has 0 bridgehead atoms. The van der Waals surface area contributed by atoms with E-state index in [9.17, 15) is 24.0 Å². The molecule has 29 heavy (non-hydrogen) atoms. The van der Waals surface area contributed by atoms with E-state index < -0.39 is 47.0 Å². The van der Waals surface area contributed by atoms with Gasteiger partial charge in [0, 0.05) is 12.1 Å². The largest absolute Gasteiger partial charge is 0.465 e. The monoisotopic (exact) mass is 398 g/mol. The Kier molecular flexibility index (Phi) is 5.12. The summed E-state index contributed by atoms with van der Waals surface area (Å²) in [4.78, 5) is 39.7. The van der Waals surface area contributed by atoms with Crippen LogP contribution in [0, 0.1) is 22.6 Å². The van der Waals surface area contributed by atoms with Gasteiger partial charge in [-0.1, -0.05) is 24.3 Å². The number of ether oxygens (including phenoxy) is 1. The average Bonchev–Trinajstić information content (AvgIpc) is 2.99. The second-order valence-electron chi connectivity index (χ2n) is 6.75. The van der Waals surface area contributed by atoms with E-state index in [1.165, 1.54) is 41.5 Å². The van der Waals surface area contributed by atoms with Gasteiger partial charge >= 0.3 is 5.97 Å². The van der Waals surface area contributed by atoms with Gasteiger partial charge in [-0.15, -0.1) is 0 Å². The molecular formula is C20H19FN4O4. The number of amides is 2. The molecule has 0 unspecified atom stereocenters.